The van der Waals surface area contributed by atoms with Gasteiger partial charge in [-0.2, -0.15) is 0 Å². The van der Waals surface area contributed by atoms with Crippen LogP contribution in [-0.2, 0) is 16.0 Å². The highest BCUT2D eigenvalue weighted by molar-refractivity contribution is 5.77. The number of carbonyl (C=O) groups excluding carboxylic acids is 1. The Morgan fingerprint density at radius 3 is 2.24 bits per heavy atom. The molecule has 0 saturated heterocycles. The summed E-state index contributed by atoms with van der Waals surface area (Å²) in [6, 6.07) is 8.25. The maximum Gasteiger partial charge on any atom is 0.303 e. The van der Waals surface area contributed by atoms with Crippen LogP contribution in [0, 0.1) is 5.92 Å². The normalized spacial score (nSPS) is 12.2. The van der Waals surface area contributed by atoms with E-state index in [1.165, 1.54) is 5.56 Å². The summed E-state index contributed by atoms with van der Waals surface area (Å²) >= 11 is 0. The summed E-state index contributed by atoms with van der Waals surface area (Å²) in [7, 11) is 0. The van der Waals surface area contributed by atoms with Gasteiger partial charge in [-0.15, -0.1) is 0 Å². The number of aliphatic carboxylic acids is 1. The largest absolute Gasteiger partial charge is 0.481 e. The number of benzene rings is 1. The van der Waals surface area contributed by atoms with Crippen molar-refractivity contribution < 1.29 is 14.7 Å². The molecule has 4 nitrogen and oxygen atoms in total. The first-order valence-electron chi connectivity index (χ1n) is 7.54. The molecule has 0 bridgehead atoms. The second-order valence-corrected chi connectivity index (χ2v) is 5.63. The van der Waals surface area contributed by atoms with Crippen molar-refractivity contribution in [2.24, 2.45) is 5.92 Å². The van der Waals surface area contributed by atoms with Crippen LogP contribution in [0.1, 0.15) is 57.2 Å². The number of carboxylic acid groups (broad SMARTS) is 1. The van der Waals surface area contributed by atoms with Gasteiger partial charge in [-0.3, -0.25) is 9.59 Å². The summed E-state index contributed by atoms with van der Waals surface area (Å²) in [4.78, 5) is 22.4. The van der Waals surface area contributed by atoms with E-state index < -0.39 is 5.97 Å². The molecular formula is C17H25NO3. The predicted molar refractivity (Wildman–Crippen MR) is 83.0 cm³/mol. The Morgan fingerprint density at radius 2 is 1.76 bits per heavy atom. The van der Waals surface area contributed by atoms with E-state index in [1.807, 2.05) is 0 Å². The monoisotopic (exact) mass is 291 g/mol. The van der Waals surface area contributed by atoms with Crippen molar-refractivity contribution in [3.8, 4) is 0 Å². The van der Waals surface area contributed by atoms with Crippen LogP contribution in [0.5, 0.6) is 0 Å². The van der Waals surface area contributed by atoms with Gasteiger partial charge in [0.2, 0.25) is 5.91 Å². The molecule has 0 aliphatic rings. The summed E-state index contributed by atoms with van der Waals surface area (Å²) in [5.74, 6) is -0.672. The minimum atomic E-state index is -0.863. The van der Waals surface area contributed by atoms with Crippen LogP contribution in [0.15, 0.2) is 24.3 Å². The van der Waals surface area contributed by atoms with Gasteiger partial charge in [0.25, 0.3) is 0 Å². The van der Waals surface area contributed by atoms with Crippen LogP contribution >= 0.6 is 0 Å². The molecule has 21 heavy (non-hydrogen) atoms. The maximum atomic E-state index is 11.9. The van der Waals surface area contributed by atoms with Crippen LogP contribution in [0.2, 0.25) is 0 Å². The lowest BCUT2D eigenvalue weighted by atomic mass is 9.94. The summed E-state index contributed by atoms with van der Waals surface area (Å²) in [5, 5.41) is 11.6. The van der Waals surface area contributed by atoms with Gasteiger partial charge in [-0.25, -0.2) is 0 Å². The first kappa shape index (κ1) is 17.2. The Hall–Kier alpha value is -1.84. The number of hydrogen-bond donors (Lipinski definition) is 2. The molecular weight excluding hydrogens is 266 g/mol. The second kappa shape index (κ2) is 8.45. The van der Waals surface area contributed by atoms with Crippen LogP contribution in [0.3, 0.4) is 0 Å². The molecule has 0 fully saturated rings. The van der Waals surface area contributed by atoms with E-state index in [1.54, 1.807) is 0 Å². The SMILES string of the molecule is CCc1ccc(C(NC(=O)CCCC(=O)O)C(C)C)cc1. The lowest BCUT2D eigenvalue weighted by molar-refractivity contribution is -0.137. The minimum Gasteiger partial charge on any atom is -0.481 e. The van der Waals surface area contributed by atoms with Crippen LogP contribution in [0.25, 0.3) is 0 Å². The summed E-state index contributed by atoms with van der Waals surface area (Å²) in [6.07, 6.45) is 1.66. The third-order valence-corrected chi connectivity index (χ3v) is 3.52. The highest BCUT2D eigenvalue weighted by Crippen LogP contribution is 2.22. The molecule has 0 aliphatic heterocycles. The third kappa shape index (κ3) is 5.98. The first-order chi connectivity index (χ1) is 9.93. The fourth-order valence-electron chi connectivity index (χ4n) is 2.24. The summed E-state index contributed by atoms with van der Waals surface area (Å²) in [6.45, 7) is 6.24. The Balaban J connectivity index is 2.64. The Labute approximate surface area is 126 Å². The number of nitrogens with one attached hydrogen (secondary N) is 1. The molecule has 0 spiro atoms. The van der Waals surface area contributed by atoms with Gasteiger partial charge in [0.05, 0.1) is 6.04 Å². The Kier molecular flexibility index (Phi) is 6.92. The topological polar surface area (TPSA) is 66.4 Å². The molecule has 1 atom stereocenters. The van der Waals surface area contributed by atoms with Crippen molar-refractivity contribution in [1.29, 1.82) is 0 Å². The zero-order valence-electron chi connectivity index (χ0n) is 13.1. The van der Waals surface area contributed by atoms with E-state index in [-0.39, 0.29) is 30.7 Å². The number of amides is 1. The van der Waals surface area contributed by atoms with Crippen molar-refractivity contribution in [3.05, 3.63) is 35.4 Å². The highest BCUT2D eigenvalue weighted by Gasteiger charge is 2.18. The van der Waals surface area contributed by atoms with Gasteiger partial charge >= 0.3 is 5.97 Å². The number of hydrogen-bond acceptors (Lipinski definition) is 2. The molecule has 1 unspecified atom stereocenters. The fraction of sp³-hybridized carbons (Fsp3) is 0.529. The lowest BCUT2D eigenvalue weighted by Crippen LogP contribution is -2.31. The van der Waals surface area contributed by atoms with E-state index in [0.717, 1.165) is 12.0 Å². The van der Waals surface area contributed by atoms with E-state index in [9.17, 15) is 9.59 Å². The minimum absolute atomic E-state index is 0.0327. The fourth-order valence-corrected chi connectivity index (χ4v) is 2.24. The molecule has 1 rings (SSSR count). The summed E-state index contributed by atoms with van der Waals surface area (Å²) in [5.41, 5.74) is 2.36. The summed E-state index contributed by atoms with van der Waals surface area (Å²) < 4.78 is 0. The quantitative estimate of drug-likeness (QED) is 0.772. The van der Waals surface area contributed by atoms with Crippen molar-refractivity contribution in [3.63, 3.8) is 0 Å². The molecule has 1 aromatic carbocycles. The van der Waals surface area contributed by atoms with Crippen molar-refractivity contribution in [2.75, 3.05) is 0 Å². The highest BCUT2D eigenvalue weighted by atomic mass is 16.4. The number of carboxylic acids is 1. The van der Waals surface area contributed by atoms with Crippen LogP contribution < -0.4 is 5.32 Å². The molecule has 0 radical (unpaired) electrons. The first-order valence-corrected chi connectivity index (χ1v) is 7.54. The third-order valence-electron chi connectivity index (χ3n) is 3.52. The van der Waals surface area contributed by atoms with Crippen molar-refractivity contribution in [1.82, 2.24) is 5.32 Å². The molecule has 116 valence electrons. The average molecular weight is 291 g/mol. The molecule has 0 aromatic heterocycles. The van der Waals surface area contributed by atoms with Crippen molar-refractivity contribution in [2.45, 2.75) is 52.5 Å². The molecule has 2 N–H and O–H groups in total. The van der Waals surface area contributed by atoms with E-state index in [2.05, 4.69) is 50.4 Å². The van der Waals surface area contributed by atoms with Crippen LogP contribution in [0.4, 0.5) is 0 Å². The Morgan fingerprint density at radius 1 is 1.14 bits per heavy atom. The zero-order valence-corrected chi connectivity index (χ0v) is 13.1. The molecule has 1 aromatic rings. The van der Waals surface area contributed by atoms with Gasteiger partial charge in [-0.1, -0.05) is 45.0 Å². The van der Waals surface area contributed by atoms with E-state index in [0.29, 0.717) is 6.42 Å². The predicted octanol–water partition coefficient (Wildman–Crippen LogP) is 3.32. The molecule has 0 aliphatic carbocycles. The smallest absolute Gasteiger partial charge is 0.303 e. The van der Waals surface area contributed by atoms with Gasteiger partial charge in [-0.05, 0) is 29.9 Å². The molecule has 1 amide bonds. The maximum absolute atomic E-state index is 11.9. The number of rotatable bonds is 8. The Bertz CT molecular complexity index is 465. The van der Waals surface area contributed by atoms with E-state index in [4.69, 9.17) is 5.11 Å². The van der Waals surface area contributed by atoms with E-state index >= 15 is 0 Å². The molecule has 0 saturated carbocycles. The standard InChI is InChI=1S/C17H25NO3/c1-4-13-8-10-14(11-9-13)17(12(2)3)18-15(19)6-5-7-16(20)21/h8-12,17H,4-7H2,1-3H3,(H,18,19)(H,20,21). The van der Waals surface area contributed by atoms with Gasteiger partial charge in [0.15, 0.2) is 0 Å². The van der Waals surface area contributed by atoms with Gasteiger partial charge < -0.3 is 10.4 Å². The lowest BCUT2D eigenvalue weighted by Gasteiger charge is -2.23. The zero-order chi connectivity index (χ0) is 15.8. The van der Waals surface area contributed by atoms with Gasteiger partial charge in [0.1, 0.15) is 0 Å². The van der Waals surface area contributed by atoms with Crippen molar-refractivity contribution >= 4 is 11.9 Å². The van der Waals surface area contributed by atoms with Gasteiger partial charge in [0, 0.05) is 12.8 Å². The number of aryl methyl sites for hydroxylation is 1. The molecule has 0 heterocycles. The average Bonchev–Trinajstić information content (AvgIpc) is 2.44. The number of carbonyl (C=O) groups is 2. The van der Waals surface area contributed by atoms with Crippen LogP contribution in [-0.4, -0.2) is 17.0 Å². The second-order valence-electron chi connectivity index (χ2n) is 5.63. The molecule has 4 heteroatoms.